The van der Waals surface area contributed by atoms with E-state index in [0.717, 1.165) is 19.0 Å². The van der Waals surface area contributed by atoms with Crippen LogP contribution in [-0.4, -0.2) is 22.6 Å². The molecular formula is C8H13N3. The highest BCUT2D eigenvalue weighted by Gasteiger charge is 2.13. The minimum absolute atomic E-state index is 0.809. The molecule has 1 aliphatic rings. The molecule has 0 amide bonds. The summed E-state index contributed by atoms with van der Waals surface area (Å²) in [5, 5.41) is 3.35. The van der Waals surface area contributed by atoms with Gasteiger partial charge in [-0.15, -0.1) is 0 Å². The van der Waals surface area contributed by atoms with Gasteiger partial charge >= 0.3 is 0 Å². The van der Waals surface area contributed by atoms with Crippen LogP contribution in [0.3, 0.4) is 0 Å². The Morgan fingerprint density at radius 3 is 3.27 bits per heavy atom. The van der Waals surface area contributed by atoms with Crippen LogP contribution >= 0.6 is 0 Å². The van der Waals surface area contributed by atoms with Crippen molar-refractivity contribution in [3.8, 4) is 0 Å². The van der Waals surface area contributed by atoms with E-state index in [2.05, 4.69) is 14.9 Å². The molecule has 11 heavy (non-hydrogen) atoms. The molecule has 1 fully saturated rings. The van der Waals surface area contributed by atoms with Crippen LogP contribution in [0.5, 0.6) is 0 Å². The highest BCUT2D eigenvalue weighted by atomic mass is 15.0. The predicted octanol–water partition coefficient (Wildman–Crippen LogP) is 0.493. The molecule has 0 unspecified atom stereocenters. The lowest BCUT2D eigenvalue weighted by molar-refractivity contribution is 0.481. The van der Waals surface area contributed by atoms with Crippen LogP contribution in [0.25, 0.3) is 0 Å². The average molecular weight is 151 g/mol. The molecule has 0 radical (unpaired) electrons. The molecule has 2 heterocycles. The van der Waals surface area contributed by atoms with Gasteiger partial charge in [-0.3, -0.25) is 0 Å². The van der Waals surface area contributed by atoms with E-state index < -0.39 is 0 Å². The fraction of sp³-hybridized carbons (Fsp3) is 0.625. The highest BCUT2D eigenvalue weighted by molar-refractivity contribution is 4.78. The number of aromatic nitrogens is 2. The van der Waals surface area contributed by atoms with Gasteiger partial charge in [0.2, 0.25) is 0 Å². The number of hydrogen-bond donors (Lipinski definition) is 1. The monoisotopic (exact) mass is 151 g/mol. The molecule has 0 saturated carbocycles. The van der Waals surface area contributed by atoms with Gasteiger partial charge in [-0.2, -0.15) is 0 Å². The third-order valence-electron chi connectivity index (χ3n) is 2.19. The summed E-state index contributed by atoms with van der Waals surface area (Å²) in [7, 11) is 0. The Hall–Kier alpha value is -0.830. The maximum absolute atomic E-state index is 4.01. The van der Waals surface area contributed by atoms with E-state index in [1.54, 1.807) is 0 Å². The summed E-state index contributed by atoms with van der Waals surface area (Å²) >= 11 is 0. The average Bonchev–Trinajstić information content (AvgIpc) is 2.60. The van der Waals surface area contributed by atoms with Gasteiger partial charge in [0.05, 0.1) is 6.33 Å². The Kier molecular flexibility index (Phi) is 1.90. The standard InChI is InChI=1S/C8H13N3/c1-2-9-5-8(1)6-11-4-3-10-7-11/h3-4,7-9H,1-2,5-6H2/t8-/m0/s1. The van der Waals surface area contributed by atoms with Crippen LogP contribution in [0, 0.1) is 5.92 Å². The second-order valence-electron chi connectivity index (χ2n) is 3.12. The molecule has 1 aliphatic heterocycles. The van der Waals surface area contributed by atoms with Crippen LogP contribution in [0.15, 0.2) is 18.7 Å². The smallest absolute Gasteiger partial charge is 0.0946 e. The largest absolute Gasteiger partial charge is 0.337 e. The van der Waals surface area contributed by atoms with Gasteiger partial charge in [0.25, 0.3) is 0 Å². The van der Waals surface area contributed by atoms with Gasteiger partial charge in [0, 0.05) is 18.9 Å². The van der Waals surface area contributed by atoms with Gasteiger partial charge in [0.1, 0.15) is 0 Å². The summed E-state index contributed by atoms with van der Waals surface area (Å²) < 4.78 is 2.15. The number of nitrogens with zero attached hydrogens (tertiary/aromatic N) is 2. The van der Waals surface area contributed by atoms with E-state index in [1.165, 1.54) is 13.0 Å². The Labute approximate surface area is 66.4 Å². The molecule has 1 aromatic rings. The maximum atomic E-state index is 4.01. The zero-order valence-electron chi connectivity index (χ0n) is 6.53. The Morgan fingerprint density at radius 1 is 1.64 bits per heavy atom. The molecule has 3 heteroatoms. The van der Waals surface area contributed by atoms with E-state index in [4.69, 9.17) is 0 Å². The summed E-state index contributed by atoms with van der Waals surface area (Å²) in [5.74, 6) is 0.809. The van der Waals surface area contributed by atoms with Crippen molar-refractivity contribution in [2.45, 2.75) is 13.0 Å². The van der Waals surface area contributed by atoms with Crippen molar-refractivity contribution in [1.29, 1.82) is 0 Å². The predicted molar refractivity (Wildman–Crippen MR) is 43.2 cm³/mol. The molecular weight excluding hydrogens is 138 g/mol. The summed E-state index contributed by atoms with van der Waals surface area (Å²) in [5.41, 5.74) is 0. The van der Waals surface area contributed by atoms with Crippen LogP contribution in [-0.2, 0) is 6.54 Å². The van der Waals surface area contributed by atoms with Gasteiger partial charge in [0.15, 0.2) is 0 Å². The van der Waals surface area contributed by atoms with Crippen molar-refractivity contribution in [3.63, 3.8) is 0 Å². The van der Waals surface area contributed by atoms with Gasteiger partial charge in [-0.1, -0.05) is 0 Å². The zero-order chi connectivity index (χ0) is 7.52. The van der Waals surface area contributed by atoms with Crippen molar-refractivity contribution >= 4 is 0 Å². The van der Waals surface area contributed by atoms with Crippen LogP contribution in [0.2, 0.25) is 0 Å². The molecule has 3 nitrogen and oxygen atoms in total. The van der Waals surface area contributed by atoms with E-state index in [9.17, 15) is 0 Å². The quantitative estimate of drug-likeness (QED) is 0.666. The number of imidazole rings is 1. The SMILES string of the molecule is c1cn(C[C@H]2CCNC2)cn1. The molecule has 0 spiro atoms. The first kappa shape index (κ1) is 6.85. The lowest BCUT2D eigenvalue weighted by atomic mass is 10.1. The number of nitrogens with one attached hydrogen (secondary N) is 1. The molecule has 0 bridgehead atoms. The minimum Gasteiger partial charge on any atom is -0.337 e. The molecule has 2 rings (SSSR count). The molecule has 0 aromatic carbocycles. The van der Waals surface area contributed by atoms with Crippen LogP contribution < -0.4 is 5.32 Å². The van der Waals surface area contributed by atoms with Crippen LogP contribution in [0.4, 0.5) is 0 Å². The zero-order valence-corrected chi connectivity index (χ0v) is 6.53. The van der Waals surface area contributed by atoms with Gasteiger partial charge < -0.3 is 9.88 Å². The Balaban J connectivity index is 1.90. The molecule has 60 valence electrons. The third-order valence-corrected chi connectivity index (χ3v) is 2.19. The second-order valence-corrected chi connectivity index (χ2v) is 3.12. The topological polar surface area (TPSA) is 29.9 Å². The molecule has 1 aromatic heterocycles. The molecule has 1 atom stereocenters. The fourth-order valence-corrected chi connectivity index (χ4v) is 1.56. The summed E-state index contributed by atoms with van der Waals surface area (Å²) in [6, 6.07) is 0. The van der Waals surface area contributed by atoms with E-state index in [1.807, 2.05) is 18.7 Å². The molecule has 1 saturated heterocycles. The lowest BCUT2D eigenvalue weighted by Crippen LogP contribution is -2.13. The Bertz CT molecular complexity index is 199. The maximum Gasteiger partial charge on any atom is 0.0946 e. The van der Waals surface area contributed by atoms with Crippen molar-refractivity contribution in [2.24, 2.45) is 5.92 Å². The summed E-state index contributed by atoms with van der Waals surface area (Å²) in [6.07, 6.45) is 7.05. The van der Waals surface area contributed by atoms with Crippen molar-refractivity contribution < 1.29 is 0 Å². The normalized spacial score (nSPS) is 24.2. The Morgan fingerprint density at radius 2 is 2.64 bits per heavy atom. The van der Waals surface area contributed by atoms with Gasteiger partial charge in [-0.25, -0.2) is 4.98 Å². The van der Waals surface area contributed by atoms with Gasteiger partial charge in [-0.05, 0) is 25.4 Å². The first-order valence-corrected chi connectivity index (χ1v) is 4.11. The first-order valence-electron chi connectivity index (χ1n) is 4.11. The first-order chi connectivity index (χ1) is 5.45. The van der Waals surface area contributed by atoms with Crippen molar-refractivity contribution in [3.05, 3.63) is 18.7 Å². The molecule has 1 N–H and O–H groups in total. The highest BCUT2D eigenvalue weighted by Crippen LogP contribution is 2.09. The van der Waals surface area contributed by atoms with Crippen LogP contribution in [0.1, 0.15) is 6.42 Å². The summed E-state index contributed by atoms with van der Waals surface area (Å²) in [6.45, 7) is 3.46. The molecule has 0 aliphatic carbocycles. The van der Waals surface area contributed by atoms with Crippen molar-refractivity contribution in [1.82, 2.24) is 14.9 Å². The van der Waals surface area contributed by atoms with E-state index in [-0.39, 0.29) is 0 Å². The second kappa shape index (κ2) is 3.05. The van der Waals surface area contributed by atoms with Crippen molar-refractivity contribution in [2.75, 3.05) is 13.1 Å². The number of rotatable bonds is 2. The van der Waals surface area contributed by atoms with E-state index >= 15 is 0 Å². The summed E-state index contributed by atoms with van der Waals surface area (Å²) in [4.78, 5) is 4.01. The lowest BCUT2D eigenvalue weighted by Gasteiger charge is -2.07. The minimum atomic E-state index is 0.809. The third kappa shape index (κ3) is 1.60. The van der Waals surface area contributed by atoms with E-state index in [0.29, 0.717) is 0 Å². The fourth-order valence-electron chi connectivity index (χ4n) is 1.56. The number of hydrogen-bond acceptors (Lipinski definition) is 2.